The van der Waals surface area contributed by atoms with Crippen molar-refractivity contribution in [2.75, 3.05) is 31.2 Å². The Morgan fingerprint density at radius 2 is 1.97 bits per heavy atom. The van der Waals surface area contributed by atoms with Crippen molar-refractivity contribution in [3.05, 3.63) is 35.7 Å². The lowest BCUT2D eigenvalue weighted by Crippen LogP contribution is -2.38. The highest BCUT2D eigenvalue weighted by atomic mass is 32.2. The van der Waals surface area contributed by atoms with Gasteiger partial charge in [0, 0.05) is 25.2 Å². The van der Waals surface area contributed by atoms with Crippen molar-refractivity contribution >= 4 is 17.7 Å². The summed E-state index contributed by atoms with van der Waals surface area (Å²) in [5.74, 6) is 1.20. The summed E-state index contributed by atoms with van der Waals surface area (Å²) in [6.07, 6.45) is -4.44. The lowest BCUT2D eigenvalue weighted by Gasteiger charge is -2.27. The van der Waals surface area contributed by atoms with Crippen molar-refractivity contribution in [1.29, 1.82) is 0 Å². The monoisotopic (exact) mass is 454 g/mol. The number of hydrogen-bond acceptors (Lipinski definition) is 8. The number of benzene rings is 1. The molecule has 0 saturated carbocycles. The molecule has 1 aliphatic rings. The van der Waals surface area contributed by atoms with Crippen LogP contribution in [0.2, 0.25) is 0 Å². The zero-order chi connectivity index (χ0) is 22.0. The van der Waals surface area contributed by atoms with Crippen molar-refractivity contribution in [2.24, 2.45) is 0 Å². The van der Waals surface area contributed by atoms with Gasteiger partial charge in [0.15, 0.2) is 5.16 Å². The summed E-state index contributed by atoms with van der Waals surface area (Å²) in [5.41, 5.74) is -0.515. The maximum atomic E-state index is 13.0. The Labute approximate surface area is 180 Å². The van der Waals surface area contributed by atoms with Crippen LogP contribution in [0.4, 0.5) is 19.1 Å². The average Bonchev–Trinajstić information content (AvgIpc) is 3.41. The molecule has 1 saturated heterocycles. The Hall–Kier alpha value is -2.60. The molecule has 0 spiro atoms. The van der Waals surface area contributed by atoms with Crippen LogP contribution in [0.25, 0.3) is 11.4 Å². The molecule has 0 amide bonds. The Kier molecular flexibility index (Phi) is 6.19. The number of ether oxygens (including phenoxy) is 1. The van der Waals surface area contributed by atoms with E-state index in [1.807, 2.05) is 18.4 Å². The highest BCUT2D eigenvalue weighted by Gasteiger charge is 2.31. The van der Waals surface area contributed by atoms with Gasteiger partial charge in [-0.25, -0.2) is 0 Å². The second-order valence-electron chi connectivity index (χ2n) is 6.92. The number of thioether (sulfide) groups is 1. The Morgan fingerprint density at radius 1 is 1.19 bits per heavy atom. The molecule has 0 N–H and O–H groups in total. The predicted molar refractivity (Wildman–Crippen MR) is 108 cm³/mol. The second kappa shape index (κ2) is 8.87. The van der Waals surface area contributed by atoms with Gasteiger partial charge in [0.2, 0.25) is 17.7 Å². The van der Waals surface area contributed by atoms with Crippen LogP contribution in [0, 0.1) is 0 Å². The lowest BCUT2D eigenvalue weighted by atomic mass is 10.1. The van der Waals surface area contributed by atoms with E-state index in [9.17, 15) is 13.2 Å². The number of anilines is 1. The molecule has 3 heterocycles. The number of halogens is 3. The quantitative estimate of drug-likeness (QED) is 0.516. The fourth-order valence-electron chi connectivity index (χ4n) is 3.20. The van der Waals surface area contributed by atoms with Crippen LogP contribution in [-0.4, -0.2) is 51.2 Å². The summed E-state index contributed by atoms with van der Waals surface area (Å²) in [7, 11) is 0. The van der Waals surface area contributed by atoms with Crippen molar-refractivity contribution in [3.63, 3.8) is 0 Å². The molecule has 4 rings (SSSR count). The standard InChI is InChI=1S/C19H21F3N6O2S/c1-3-28-17(27-7-9-29-10-8-27)24-25-18(28)31-12(2)16-23-15(26-30-16)13-5-4-6-14(11-13)19(20,21)22/h4-6,11-12H,3,7-10H2,1-2H3. The Balaban J connectivity index is 1.51. The van der Waals surface area contributed by atoms with Crippen molar-refractivity contribution in [1.82, 2.24) is 24.9 Å². The highest BCUT2D eigenvalue weighted by molar-refractivity contribution is 7.99. The van der Waals surface area contributed by atoms with Gasteiger partial charge in [-0.3, -0.25) is 4.57 Å². The SMILES string of the molecule is CCn1c(SC(C)c2nc(-c3cccc(C(F)(F)F)c3)no2)nnc1N1CCOCC1. The summed E-state index contributed by atoms with van der Waals surface area (Å²) in [6, 6.07) is 4.86. The molecule has 31 heavy (non-hydrogen) atoms. The second-order valence-corrected chi connectivity index (χ2v) is 8.23. The molecule has 0 bridgehead atoms. The number of nitrogens with zero attached hydrogens (tertiary/aromatic N) is 6. The molecular weight excluding hydrogens is 433 g/mol. The van der Waals surface area contributed by atoms with Crippen LogP contribution in [0.5, 0.6) is 0 Å². The van der Waals surface area contributed by atoms with Gasteiger partial charge < -0.3 is 14.2 Å². The van der Waals surface area contributed by atoms with E-state index >= 15 is 0 Å². The van der Waals surface area contributed by atoms with Crippen LogP contribution in [0.1, 0.15) is 30.6 Å². The maximum Gasteiger partial charge on any atom is 0.416 e. The normalized spacial score (nSPS) is 16.0. The minimum absolute atomic E-state index is 0.111. The summed E-state index contributed by atoms with van der Waals surface area (Å²) in [4.78, 5) is 6.43. The van der Waals surface area contributed by atoms with E-state index in [4.69, 9.17) is 9.26 Å². The van der Waals surface area contributed by atoms with Gasteiger partial charge in [-0.2, -0.15) is 18.2 Å². The zero-order valence-electron chi connectivity index (χ0n) is 17.0. The number of aromatic nitrogens is 5. The third-order valence-corrected chi connectivity index (χ3v) is 5.90. The molecule has 1 atom stereocenters. The molecule has 12 heteroatoms. The summed E-state index contributed by atoms with van der Waals surface area (Å²) < 4.78 is 51.7. The van der Waals surface area contributed by atoms with Gasteiger partial charge in [-0.05, 0) is 26.0 Å². The van der Waals surface area contributed by atoms with Crippen LogP contribution in [0.3, 0.4) is 0 Å². The van der Waals surface area contributed by atoms with Crippen molar-refractivity contribution in [3.8, 4) is 11.4 Å². The maximum absolute atomic E-state index is 13.0. The largest absolute Gasteiger partial charge is 0.416 e. The highest BCUT2D eigenvalue weighted by Crippen LogP contribution is 2.36. The third-order valence-electron chi connectivity index (χ3n) is 4.83. The van der Waals surface area contributed by atoms with E-state index in [0.717, 1.165) is 31.2 Å². The van der Waals surface area contributed by atoms with Crippen molar-refractivity contribution < 1.29 is 22.4 Å². The molecule has 1 unspecified atom stereocenters. The molecule has 0 radical (unpaired) electrons. The molecule has 166 valence electrons. The first-order valence-electron chi connectivity index (χ1n) is 9.80. The van der Waals surface area contributed by atoms with Gasteiger partial charge >= 0.3 is 6.18 Å². The van der Waals surface area contributed by atoms with Crippen LogP contribution < -0.4 is 4.90 Å². The van der Waals surface area contributed by atoms with E-state index < -0.39 is 11.7 Å². The van der Waals surface area contributed by atoms with Crippen molar-refractivity contribution in [2.45, 2.75) is 37.0 Å². The van der Waals surface area contributed by atoms with Crippen LogP contribution in [0.15, 0.2) is 33.9 Å². The molecule has 0 aliphatic carbocycles. The molecule has 1 aromatic carbocycles. The number of alkyl halides is 3. The fraction of sp³-hybridized carbons (Fsp3) is 0.474. The van der Waals surface area contributed by atoms with Crippen LogP contribution in [-0.2, 0) is 17.5 Å². The Morgan fingerprint density at radius 3 is 2.68 bits per heavy atom. The van der Waals surface area contributed by atoms with Gasteiger partial charge in [0.25, 0.3) is 0 Å². The minimum atomic E-state index is -4.44. The number of hydrogen-bond donors (Lipinski definition) is 0. The van der Waals surface area contributed by atoms with E-state index in [0.29, 0.717) is 30.8 Å². The van der Waals surface area contributed by atoms with Gasteiger partial charge in [0.05, 0.1) is 24.0 Å². The number of morpholine rings is 1. The molecule has 3 aromatic rings. The van der Waals surface area contributed by atoms with Crippen LogP contribution >= 0.6 is 11.8 Å². The summed E-state index contributed by atoms with van der Waals surface area (Å²) in [6.45, 7) is 7.38. The number of rotatable bonds is 6. The smallest absolute Gasteiger partial charge is 0.378 e. The minimum Gasteiger partial charge on any atom is -0.378 e. The molecular formula is C19H21F3N6O2S. The predicted octanol–water partition coefficient (Wildman–Crippen LogP) is 4.06. The van der Waals surface area contributed by atoms with E-state index in [1.54, 1.807) is 0 Å². The molecule has 8 nitrogen and oxygen atoms in total. The summed E-state index contributed by atoms with van der Waals surface area (Å²) in [5, 5.41) is 12.9. The molecule has 2 aromatic heterocycles. The zero-order valence-corrected chi connectivity index (χ0v) is 17.8. The Bertz CT molecular complexity index is 1030. The third kappa shape index (κ3) is 4.69. The first kappa shape index (κ1) is 21.6. The molecule has 1 fully saturated rings. The summed E-state index contributed by atoms with van der Waals surface area (Å²) >= 11 is 1.40. The molecule has 1 aliphatic heterocycles. The van der Waals surface area contributed by atoms with Gasteiger partial charge in [0.1, 0.15) is 0 Å². The van der Waals surface area contributed by atoms with E-state index in [-0.39, 0.29) is 16.6 Å². The first-order chi connectivity index (χ1) is 14.9. The van der Waals surface area contributed by atoms with Gasteiger partial charge in [-0.1, -0.05) is 29.1 Å². The lowest BCUT2D eigenvalue weighted by molar-refractivity contribution is -0.137. The van der Waals surface area contributed by atoms with E-state index in [2.05, 4.69) is 25.2 Å². The average molecular weight is 454 g/mol. The fourth-order valence-corrected chi connectivity index (χ4v) is 4.14. The van der Waals surface area contributed by atoms with Gasteiger partial charge in [-0.15, -0.1) is 10.2 Å². The topological polar surface area (TPSA) is 82.1 Å². The first-order valence-corrected chi connectivity index (χ1v) is 10.7. The van der Waals surface area contributed by atoms with E-state index in [1.165, 1.54) is 23.9 Å².